The van der Waals surface area contributed by atoms with E-state index >= 15 is 0 Å². The highest BCUT2D eigenvalue weighted by Crippen LogP contribution is 2.25. The molecule has 1 aromatic heterocycles. The van der Waals surface area contributed by atoms with Crippen LogP contribution in [0.5, 0.6) is 0 Å². The molecule has 0 unspecified atom stereocenters. The second kappa shape index (κ2) is 7.51. The highest BCUT2D eigenvalue weighted by Gasteiger charge is 2.05. The van der Waals surface area contributed by atoms with Gasteiger partial charge in [-0.1, -0.05) is 45.8 Å². The van der Waals surface area contributed by atoms with Crippen LogP contribution in [0.4, 0.5) is 0 Å². The normalized spacial score (nSPS) is 10.9. The molecule has 1 amide bonds. The Balaban J connectivity index is 1.65. The van der Waals surface area contributed by atoms with Gasteiger partial charge in [0.05, 0.1) is 11.9 Å². The van der Waals surface area contributed by atoms with Crippen molar-refractivity contribution in [1.29, 1.82) is 0 Å². The fourth-order valence-corrected chi connectivity index (χ4v) is 3.19. The van der Waals surface area contributed by atoms with Crippen LogP contribution in [0.1, 0.15) is 21.6 Å². The van der Waals surface area contributed by atoms with E-state index in [1.807, 2.05) is 48.7 Å². The molecule has 0 atom stereocenters. The van der Waals surface area contributed by atoms with E-state index in [9.17, 15) is 4.79 Å². The number of thiazole rings is 1. The van der Waals surface area contributed by atoms with Gasteiger partial charge in [0.2, 0.25) is 0 Å². The summed E-state index contributed by atoms with van der Waals surface area (Å²) in [5, 5.41) is 6.78. The Kier molecular flexibility index (Phi) is 5.17. The summed E-state index contributed by atoms with van der Waals surface area (Å²) >= 11 is 4.99. The third-order valence-corrected chi connectivity index (χ3v) is 4.67. The number of hydrazone groups is 1. The molecule has 0 saturated carbocycles. The van der Waals surface area contributed by atoms with E-state index in [4.69, 9.17) is 0 Å². The summed E-state index contributed by atoms with van der Waals surface area (Å²) < 4.78 is 1.01. The standard InChI is InChI=1S/C18H14BrN3OS/c1-12-5-7-13(8-6-12)17(23)22-20-10-16-11-24-18(21-16)14-3-2-4-15(19)9-14/h2-11H,1H3,(H,22,23)/b20-10-. The lowest BCUT2D eigenvalue weighted by Gasteiger charge is -1.99. The molecule has 4 nitrogen and oxygen atoms in total. The fraction of sp³-hybridized carbons (Fsp3) is 0.0556. The highest BCUT2D eigenvalue weighted by molar-refractivity contribution is 9.10. The topological polar surface area (TPSA) is 54.4 Å². The number of carbonyl (C=O) groups excluding carboxylic acids is 1. The number of rotatable bonds is 4. The summed E-state index contributed by atoms with van der Waals surface area (Å²) in [6.45, 7) is 1.98. The van der Waals surface area contributed by atoms with Crippen LogP contribution in [-0.2, 0) is 0 Å². The van der Waals surface area contributed by atoms with Crippen LogP contribution in [0, 0.1) is 6.92 Å². The zero-order valence-electron chi connectivity index (χ0n) is 12.9. The molecule has 120 valence electrons. The summed E-state index contributed by atoms with van der Waals surface area (Å²) in [5.41, 5.74) is 5.94. The summed E-state index contributed by atoms with van der Waals surface area (Å²) in [5.74, 6) is -0.242. The number of hydrogen-bond donors (Lipinski definition) is 1. The van der Waals surface area contributed by atoms with Gasteiger partial charge in [0.1, 0.15) is 5.01 Å². The zero-order chi connectivity index (χ0) is 16.9. The molecule has 24 heavy (non-hydrogen) atoms. The Bertz CT molecular complexity index is 887. The summed E-state index contributed by atoms with van der Waals surface area (Å²) in [4.78, 5) is 16.5. The molecule has 6 heteroatoms. The summed E-state index contributed by atoms with van der Waals surface area (Å²) in [6.07, 6.45) is 1.55. The lowest BCUT2D eigenvalue weighted by Crippen LogP contribution is -2.17. The molecule has 2 aromatic carbocycles. The molecule has 3 aromatic rings. The quantitative estimate of drug-likeness (QED) is 0.512. The third-order valence-electron chi connectivity index (χ3n) is 3.27. The number of nitrogens with zero attached hydrogens (tertiary/aromatic N) is 2. The Morgan fingerprint density at radius 3 is 2.79 bits per heavy atom. The monoisotopic (exact) mass is 399 g/mol. The van der Waals surface area contributed by atoms with Gasteiger partial charge in [0.15, 0.2) is 0 Å². The molecular weight excluding hydrogens is 386 g/mol. The SMILES string of the molecule is Cc1ccc(C(=O)N/N=C\c2csc(-c3cccc(Br)c3)n2)cc1. The number of benzene rings is 2. The van der Waals surface area contributed by atoms with Gasteiger partial charge >= 0.3 is 0 Å². The average Bonchev–Trinajstić information content (AvgIpc) is 3.04. The molecule has 0 spiro atoms. The average molecular weight is 400 g/mol. The lowest BCUT2D eigenvalue weighted by atomic mass is 10.1. The van der Waals surface area contributed by atoms with Gasteiger partial charge in [-0.15, -0.1) is 11.3 Å². The first-order valence-electron chi connectivity index (χ1n) is 7.23. The number of hydrogen-bond acceptors (Lipinski definition) is 4. The van der Waals surface area contributed by atoms with Crippen LogP contribution < -0.4 is 5.43 Å². The Labute approximate surface area is 152 Å². The summed E-state index contributed by atoms with van der Waals surface area (Å²) in [6, 6.07) is 15.3. The van der Waals surface area contributed by atoms with Gasteiger partial charge in [-0.3, -0.25) is 4.79 Å². The minimum atomic E-state index is -0.242. The van der Waals surface area contributed by atoms with Gasteiger partial charge in [0, 0.05) is 21.0 Å². The predicted octanol–water partition coefficient (Wildman–Crippen LogP) is 4.64. The van der Waals surface area contributed by atoms with Gasteiger partial charge in [-0.2, -0.15) is 5.10 Å². The third kappa shape index (κ3) is 4.15. The molecule has 0 bridgehead atoms. The number of nitrogens with one attached hydrogen (secondary N) is 1. The molecule has 0 aliphatic heterocycles. The number of halogens is 1. The van der Waals surface area contributed by atoms with E-state index in [1.54, 1.807) is 18.3 Å². The van der Waals surface area contributed by atoms with Crippen LogP contribution in [0.15, 0.2) is 63.5 Å². The number of aromatic nitrogens is 1. The summed E-state index contributed by atoms with van der Waals surface area (Å²) in [7, 11) is 0. The number of carbonyl (C=O) groups is 1. The van der Waals surface area contributed by atoms with E-state index in [2.05, 4.69) is 31.4 Å². The number of aryl methyl sites for hydroxylation is 1. The first-order valence-corrected chi connectivity index (χ1v) is 8.90. The Morgan fingerprint density at radius 1 is 1.25 bits per heavy atom. The maximum atomic E-state index is 12.0. The zero-order valence-corrected chi connectivity index (χ0v) is 15.3. The first kappa shape index (κ1) is 16.5. The second-order valence-electron chi connectivity index (χ2n) is 5.15. The fourth-order valence-electron chi connectivity index (χ4n) is 2.03. The van der Waals surface area contributed by atoms with Crippen LogP contribution >= 0.6 is 27.3 Å². The van der Waals surface area contributed by atoms with Crippen molar-refractivity contribution in [2.45, 2.75) is 6.92 Å². The minimum absolute atomic E-state index is 0.242. The Morgan fingerprint density at radius 2 is 2.04 bits per heavy atom. The van der Waals surface area contributed by atoms with Gasteiger partial charge in [-0.05, 0) is 31.2 Å². The van der Waals surface area contributed by atoms with Crippen molar-refractivity contribution in [3.8, 4) is 10.6 Å². The second-order valence-corrected chi connectivity index (χ2v) is 6.93. The molecule has 1 N–H and O–H groups in total. The molecule has 0 saturated heterocycles. The first-order chi connectivity index (χ1) is 11.6. The molecular formula is C18H14BrN3OS. The van der Waals surface area contributed by atoms with Crippen LogP contribution in [0.2, 0.25) is 0 Å². The van der Waals surface area contributed by atoms with Crippen molar-refractivity contribution in [2.75, 3.05) is 0 Å². The molecule has 1 heterocycles. The van der Waals surface area contributed by atoms with Crippen molar-refractivity contribution in [3.05, 3.63) is 75.2 Å². The molecule has 0 aliphatic rings. The highest BCUT2D eigenvalue weighted by atomic mass is 79.9. The molecule has 0 fully saturated rings. The Hall–Kier alpha value is -2.31. The maximum Gasteiger partial charge on any atom is 0.271 e. The smallest absolute Gasteiger partial charge is 0.267 e. The molecule has 3 rings (SSSR count). The van der Waals surface area contributed by atoms with E-state index < -0.39 is 0 Å². The van der Waals surface area contributed by atoms with E-state index in [-0.39, 0.29) is 5.91 Å². The largest absolute Gasteiger partial charge is 0.271 e. The lowest BCUT2D eigenvalue weighted by molar-refractivity contribution is 0.0955. The minimum Gasteiger partial charge on any atom is -0.267 e. The number of amides is 1. The van der Waals surface area contributed by atoms with Crippen molar-refractivity contribution in [3.63, 3.8) is 0 Å². The maximum absolute atomic E-state index is 12.0. The van der Waals surface area contributed by atoms with Crippen LogP contribution in [0.3, 0.4) is 0 Å². The van der Waals surface area contributed by atoms with Gasteiger partial charge in [-0.25, -0.2) is 10.4 Å². The molecule has 0 aliphatic carbocycles. The van der Waals surface area contributed by atoms with Gasteiger partial charge < -0.3 is 0 Å². The van der Waals surface area contributed by atoms with E-state index in [1.165, 1.54) is 11.3 Å². The molecule has 0 radical (unpaired) electrons. The van der Waals surface area contributed by atoms with Crippen LogP contribution in [0.25, 0.3) is 10.6 Å². The van der Waals surface area contributed by atoms with Gasteiger partial charge in [0.25, 0.3) is 5.91 Å². The van der Waals surface area contributed by atoms with Crippen molar-refractivity contribution < 1.29 is 4.79 Å². The van der Waals surface area contributed by atoms with E-state index in [0.29, 0.717) is 11.3 Å². The van der Waals surface area contributed by atoms with Crippen LogP contribution in [-0.4, -0.2) is 17.1 Å². The van der Waals surface area contributed by atoms with E-state index in [0.717, 1.165) is 20.6 Å². The van der Waals surface area contributed by atoms with Crippen molar-refractivity contribution >= 4 is 39.4 Å². The predicted molar refractivity (Wildman–Crippen MR) is 101 cm³/mol. The van der Waals surface area contributed by atoms with Crippen molar-refractivity contribution in [1.82, 2.24) is 10.4 Å². The van der Waals surface area contributed by atoms with Crippen molar-refractivity contribution in [2.24, 2.45) is 5.10 Å².